The number of benzene rings is 2. The lowest BCUT2D eigenvalue weighted by molar-refractivity contribution is 0.0937. The summed E-state index contributed by atoms with van der Waals surface area (Å²) >= 11 is 0. The molecule has 0 heterocycles. The Morgan fingerprint density at radius 2 is 1.86 bits per heavy atom. The van der Waals surface area contributed by atoms with Crippen LogP contribution in [0.15, 0.2) is 48.5 Å². The molecule has 0 aromatic heterocycles. The van der Waals surface area contributed by atoms with Crippen molar-refractivity contribution in [2.45, 2.75) is 19.5 Å². The molecule has 2 aromatic carbocycles. The Labute approximate surface area is 124 Å². The summed E-state index contributed by atoms with van der Waals surface area (Å²) in [7, 11) is 1.56. The second-order valence-electron chi connectivity index (χ2n) is 4.84. The molecule has 0 saturated carbocycles. The molecule has 0 spiro atoms. The molecule has 0 bridgehead atoms. The Kier molecular flexibility index (Phi) is 4.95. The van der Waals surface area contributed by atoms with Crippen LogP contribution in [0.3, 0.4) is 0 Å². The van der Waals surface area contributed by atoms with Crippen LogP contribution in [0.25, 0.3) is 0 Å². The average molecular weight is 284 g/mol. The van der Waals surface area contributed by atoms with Gasteiger partial charge in [0, 0.05) is 6.54 Å². The third-order valence-electron chi connectivity index (χ3n) is 3.41. The van der Waals surface area contributed by atoms with Crippen molar-refractivity contribution in [1.82, 2.24) is 5.32 Å². The maximum Gasteiger partial charge on any atom is 0.255 e. The van der Waals surface area contributed by atoms with Crippen LogP contribution < -0.4 is 15.8 Å². The van der Waals surface area contributed by atoms with Gasteiger partial charge in [0.25, 0.3) is 5.91 Å². The highest BCUT2D eigenvalue weighted by atomic mass is 16.5. The summed E-state index contributed by atoms with van der Waals surface area (Å²) in [6.07, 6.45) is 0. The van der Waals surface area contributed by atoms with Gasteiger partial charge in [0.1, 0.15) is 5.75 Å². The Balaban J connectivity index is 2.11. The van der Waals surface area contributed by atoms with Crippen LogP contribution in [0.1, 0.15) is 34.5 Å². The minimum absolute atomic E-state index is 0.0887. The number of nitrogens with two attached hydrogens (primary N) is 1. The Bertz CT molecular complexity index is 608. The minimum atomic E-state index is -0.150. The molecule has 2 aromatic rings. The first-order chi connectivity index (χ1) is 10.2. The maximum absolute atomic E-state index is 12.3. The molecule has 0 aliphatic heterocycles. The van der Waals surface area contributed by atoms with E-state index < -0.39 is 0 Å². The molecule has 1 unspecified atom stereocenters. The minimum Gasteiger partial charge on any atom is -0.496 e. The van der Waals surface area contributed by atoms with E-state index in [4.69, 9.17) is 10.5 Å². The molecule has 1 atom stereocenters. The van der Waals surface area contributed by atoms with Crippen LogP contribution in [-0.4, -0.2) is 13.0 Å². The largest absolute Gasteiger partial charge is 0.496 e. The SMILES string of the molecule is COc1ccccc1C(=O)NC(C)c1ccc(CN)cc1. The summed E-state index contributed by atoms with van der Waals surface area (Å²) in [5, 5.41) is 2.97. The van der Waals surface area contributed by atoms with E-state index in [1.807, 2.05) is 43.3 Å². The molecule has 110 valence electrons. The molecule has 3 N–H and O–H groups in total. The van der Waals surface area contributed by atoms with Crippen LogP contribution >= 0.6 is 0 Å². The van der Waals surface area contributed by atoms with Gasteiger partial charge < -0.3 is 15.8 Å². The molecule has 0 saturated heterocycles. The lowest BCUT2D eigenvalue weighted by Gasteiger charge is -2.16. The van der Waals surface area contributed by atoms with Gasteiger partial charge in [-0.3, -0.25) is 4.79 Å². The number of hydrogen-bond acceptors (Lipinski definition) is 3. The third kappa shape index (κ3) is 3.61. The van der Waals surface area contributed by atoms with Crippen LogP contribution in [0.4, 0.5) is 0 Å². The number of para-hydroxylation sites is 1. The third-order valence-corrected chi connectivity index (χ3v) is 3.41. The summed E-state index contributed by atoms with van der Waals surface area (Å²) in [5.41, 5.74) is 8.22. The lowest BCUT2D eigenvalue weighted by atomic mass is 10.1. The van der Waals surface area contributed by atoms with Crippen molar-refractivity contribution in [1.29, 1.82) is 0 Å². The fourth-order valence-electron chi connectivity index (χ4n) is 2.13. The van der Waals surface area contributed by atoms with Crippen LogP contribution in [-0.2, 0) is 6.54 Å². The summed E-state index contributed by atoms with van der Waals surface area (Å²) in [6.45, 7) is 2.47. The van der Waals surface area contributed by atoms with E-state index in [9.17, 15) is 4.79 Å². The highest BCUT2D eigenvalue weighted by molar-refractivity contribution is 5.97. The highest BCUT2D eigenvalue weighted by Crippen LogP contribution is 2.19. The van der Waals surface area contributed by atoms with Gasteiger partial charge in [-0.05, 0) is 30.2 Å². The lowest BCUT2D eigenvalue weighted by Crippen LogP contribution is -2.27. The Hall–Kier alpha value is -2.33. The fourth-order valence-corrected chi connectivity index (χ4v) is 2.13. The predicted octanol–water partition coefficient (Wildman–Crippen LogP) is 2.64. The van der Waals surface area contributed by atoms with Gasteiger partial charge in [0.15, 0.2) is 0 Å². The summed E-state index contributed by atoms with van der Waals surface area (Å²) in [4.78, 5) is 12.3. The van der Waals surface area contributed by atoms with Gasteiger partial charge in [-0.2, -0.15) is 0 Å². The molecule has 2 rings (SSSR count). The number of amides is 1. The molecule has 0 aliphatic rings. The topological polar surface area (TPSA) is 64.3 Å². The second kappa shape index (κ2) is 6.90. The van der Waals surface area contributed by atoms with E-state index in [1.165, 1.54) is 0 Å². The van der Waals surface area contributed by atoms with E-state index in [0.717, 1.165) is 11.1 Å². The standard InChI is InChI=1S/C17H20N2O2/c1-12(14-9-7-13(11-18)8-10-14)19-17(20)15-5-3-4-6-16(15)21-2/h3-10,12H,11,18H2,1-2H3,(H,19,20). The van der Waals surface area contributed by atoms with Gasteiger partial charge in [0.05, 0.1) is 18.7 Å². The summed E-state index contributed by atoms with van der Waals surface area (Å²) < 4.78 is 5.21. The molecule has 21 heavy (non-hydrogen) atoms. The number of nitrogens with one attached hydrogen (secondary N) is 1. The van der Waals surface area contributed by atoms with Gasteiger partial charge in [0.2, 0.25) is 0 Å². The molecule has 1 amide bonds. The first-order valence-corrected chi connectivity index (χ1v) is 6.88. The first-order valence-electron chi connectivity index (χ1n) is 6.88. The van der Waals surface area contributed by atoms with E-state index in [-0.39, 0.29) is 11.9 Å². The normalized spacial score (nSPS) is 11.8. The zero-order valence-corrected chi connectivity index (χ0v) is 12.3. The van der Waals surface area contributed by atoms with Gasteiger partial charge in [-0.25, -0.2) is 0 Å². The van der Waals surface area contributed by atoms with E-state index in [0.29, 0.717) is 17.9 Å². The van der Waals surface area contributed by atoms with E-state index in [2.05, 4.69) is 5.32 Å². The summed E-state index contributed by atoms with van der Waals surface area (Å²) in [5.74, 6) is 0.420. The molecular formula is C17H20N2O2. The van der Waals surface area contributed by atoms with Crippen LogP contribution in [0.5, 0.6) is 5.75 Å². The molecule has 0 fully saturated rings. The number of methoxy groups -OCH3 is 1. The van der Waals surface area contributed by atoms with E-state index >= 15 is 0 Å². The van der Waals surface area contributed by atoms with Crippen molar-refractivity contribution < 1.29 is 9.53 Å². The molecule has 4 nitrogen and oxygen atoms in total. The highest BCUT2D eigenvalue weighted by Gasteiger charge is 2.14. The predicted molar refractivity (Wildman–Crippen MR) is 83.2 cm³/mol. The van der Waals surface area contributed by atoms with Crippen molar-refractivity contribution in [3.05, 3.63) is 65.2 Å². The number of carbonyl (C=O) groups excluding carboxylic acids is 1. The van der Waals surface area contributed by atoms with Crippen molar-refractivity contribution in [3.63, 3.8) is 0 Å². The molecule has 4 heteroatoms. The van der Waals surface area contributed by atoms with Gasteiger partial charge in [-0.15, -0.1) is 0 Å². The van der Waals surface area contributed by atoms with Crippen molar-refractivity contribution in [3.8, 4) is 5.75 Å². The van der Waals surface area contributed by atoms with Crippen LogP contribution in [0.2, 0.25) is 0 Å². The van der Waals surface area contributed by atoms with Crippen LogP contribution in [0, 0.1) is 0 Å². The second-order valence-corrected chi connectivity index (χ2v) is 4.84. The monoisotopic (exact) mass is 284 g/mol. The molecule has 0 aliphatic carbocycles. The van der Waals surface area contributed by atoms with Crippen molar-refractivity contribution in [2.24, 2.45) is 5.73 Å². The maximum atomic E-state index is 12.3. The van der Waals surface area contributed by atoms with Gasteiger partial charge >= 0.3 is 0 Å². The zero-order chi connectivity index (χ0) is 15.2. The number of ether oxygens (including phenoxy) is 1. The van der Waals surface area contributed by atoms with Crippen molar-refractivity contribution >= 4 is 5.91 Å². The van der Waals surface area contributed by atoms with Gasteiger partial charge in [-0.1, -0.05) is 36.4 Å². The smallest absolute Gasteiger partial charge is 0.255 e. The van der Waals surface area contributed by atoms with Crippen molar-refractivity contribution in [2.75, 3.05) is 7.11 Å². The molecular weight excluding hydrogens is 264 g/mol. The Morgan fingerprint density at radius 3 is 2.48 bits per heavy atom. The zero-order valence-electron chi connectivity index (χ0n) is 12.3. The average Bonchev–Trinajstić information content (AvgIpc) is 2.54. The molecule has 0 radical (unpaired) electrons. The number of rotatable bonds is 5. The van der Waals surface area contributed by atoms with E-state index in [1.54, 1.807) is 19.2 Å². The quantitative estimate of drug-likeness (QED) is 0.887. The Morgan fingerprint density at radius 1 is 1.19 bits per heavy atom. The first kappa shape index (κ1) is 15.1. The number of hydrogen-bond donors (Lipinski definition) is 2. The number of carbonyl (C=O) groups is 1. The summed E-state index contributed by atoms with van der Waals surface area (Å²) in [6, 6.07) is 15.0. The fraction of sp³-hybridized carbons (Fsp3) is 0.235.